The molecule has 0 fully saturated rings. The molecule has 0 spiro atoms. The molecule has 4 nitrogen and oxygen atoms in total. The van der Waals surface area contributed by atoms with Crippen LogP contribution in [0.5, 0.6) is 5.75 Å². The molecule has 0 amide bonds. The number of carbonyl (C=O) groups excluding carboxylic acids is 2. The third-order valence-corrected chi connectivity index (χ3v) is 2.47. The van der Waals surface area contributed by atoms with Gasteiger partial charge in [-0.1, -0.05) is 13.8 Å². The van der Waals surface area contributed by atoms with Crippen molar-refractivity contribution < 1.29 is 19.1 Å². The summed E-state index contributed by atoms with van der Waals surface area (Å²) in [5, 5.41) is 0. The van der Waals surface area contributed by atoms with Gasteiger partial charge >= 0.3 is 5.97 Å². The van der Waals surface area contributed by atoms with Crippen molar-refractivity contribution in [2.75, 3.05) is 6.61 Å². The Kier molecular flexibility index (Phi) is 7.59. The van der Waals surface area contributed by atoms with Gasteiger partial charge in [0.1, 0.15) is 12.0 Å². The summed E-state index contributed by atoms with van der Waals surface area (Å²) in [7, 11) is 0. The van der Waals surface area contributed by atoms with E-state index in [1.54, 1.807) is 39.0 Å². The second kappa shape index (κ2) is 8.35. The van der Waals surface area contributed by atoms with Crippen LogP contribution in [0.15, 0.2) is 18.2 Å². The Morgan fingerprint density at radius 2 is 1.90 bits per heavy atom. The van der Waals surface area contributed by atoms with Gasteiger partial charge in [-0.15, -0.1) is 0 Å². The van der Waals surface area contributed by atoms with Crippen LogP contribution >= 0.6 is 0 Å². The van der Waals surface area contributed by atoms with E-state index < -0.39 is 11.6 Å². The Balaban J connectivity index is 0.00000172. The van der Waals surface area contributed by atoms with E-state index in [-0.39, 0.29) is 0 Å². The zero-order valence-corrected chi connectivity index (χ0v) is 13.1. The molecule has 0 unspecified atom stereocenters. The summed E-state index contributed by atoms with van der Waals surface area (Å²) in [5.74, 6) is 0.155. The summed E-state index contributed by atoms with van der Waals surface area (Å²) in [4.78, 5) is 22.3. The molecule has 0 bridgehead atoms. The molecule has 4 heteroatoms. The summed E-state index contributed by atoms with van der Waals surface area (Å²) >= 11 is 0. The number of benzene rings is 1. The van der Waals surface area contributed by atoms with Crippen molar-refractivity contribution in [3.63, 3.8) is 0 Å². The van der Waals surface area contributed by atoms with E-state index in [0.717, 1.165) is 11.8 Å². The van der Waals surface area contributed by atoms with Crippen molar-refractivity contribution in [1.82, 2.24) is 0 Å². The van der Waals surface area contributed by atoms with Gasteiger partial charge in [0.25, 0.3) is 0 Å². The van der Waals surface area contributed by atoms with E-state index in [9.17, 15) is 9.59 Å². The highest BCUT2D eigenvalue weighted by molar-refractivity contribution is 5.79. The molecule has 0 aliphatic heterocycles. The number of rotatable bonds is 5. The maximum absolute atomic E-state index is 11.7. The van der Waals surface area contributed by atoms with Crippen LogP contribution in [-0.4, -0.2) is 24.5 Å². The molecule has 20 heavy (non-hydrogen) atoms. The molecule has 0 atom stereocenters. The summed E-state index contributed by atoms with van der Waals surface area (Å²) in [6.07, 6.45) is 0.771. The highest BCUT2D eigenvalue weighted by Crippen LogP contribution is 2.24. The fourth-order valence-corrected chi connectivity index (χ4v) is 1.48. The summed E-state index contributed by atoms with van der Waals surface area (Å²) in [6, 6.07) is 5.04. The van der Waals surface area contributed by atoms with Gasteiger partial charge in [-0.05, 0) is 51.5 Å². The SMILES string of the molecule is CC.CCOC(=O)C(C)(C)Oc1ccc(C=O)cc1C. The van der Waals surface area contributed by atoms with Crippen molar-refractivity contribution in [2.24, 2.45) is 0 Å². The molecule has 0 radical (unpaired) electrons. The molecule has 0 heterocycles. The summed E-state index contributed by atoms with van der Waals surface area (Å²) in [6.45, 7) is 11.2. The molecule has 0 aromatic heterocycles. The Labute approximate surface area is 121 Å². The molecule has 0 saturated heterocycles. The predicted octanol–water partition coefficient (Wildman–Crippen LogP) is 3.55. The van der Waals surface area contributed by atoms with E-state index in [4.69, 9.17) is 9.47 Å². The fraction of sp³-hybridized carbons (Fsp3) is 0.500. The zero-order valence-electron chi connectivity index (χ0n) is 13.1. The first-order chi connectivity index (χ1) is 9.40. The van der Waals surface area contributed by atoms with Gasteiger partial charge in [0.2, 0.25) is 0 Å². The van der Waals surface area contributed by atoms with Crippen LogP contribution in [0, 0.1) is 6.92 Å². The number of aryl methyl sites for hydroxylation is 1. The van der Waals surface area contributed by atoms with Gasteiger partial charge in [-0.25, -0.2) is 4.79 Å². The van der Waals surface area contributed by atoms with Crippen molar-refractivity contribution in [3.05, 3.63) is 29.3 Å². The minimum absolute atomic E-state index is 0.314. The molecular weight excluding hydrogens is 256 g/mol. The first kappa shape index (κ1) is 18.2. The number of esters is 1. The summed E-state index contributed by atoms with van der Waals surface area (Å²) in [5.41, 5.74) is 0.328. The van der Waals surface area contributed by atoms with E-state index in [1.165, 1.54) is 0 Å². The average Bonchev–Trinajstić information content (AvgIpc) is 2.43. The molecule has 0 aliphatic rings. The lowest BCUT2D eigenvalue weighted by Gasteiger charge is -2.25. The third-order valence-electron chi connectivity index (χ3n) is 2.47. The van der Waals surface area contributed by atoms with Gasteiger partial charge in [-0.2, -0.15) is 0 Å². The highest BCUT2D eigenvalue weighted by atomic mass is 16.6. The Morgan fingerprint density at radius 1 is 1.30 bits per heavy atom. The van der Waals surface area contributed by atoms with Gasteiger partial charge in [0.15, 0.2) is 5.60 Å². The maximum Gasteiger partial charge on any atom is 0.349 e. The van der Waals surface area contributed by atoms with Crippen LogP contribution < -0.4 is 4.74 Å². The molecule has 0 N–H and O–H groups in total. The Hall–Kier alpha value is -1.84. The molecule has 1 aromatic carbocycles. The molecule has 1 aromatic rings. The van der Waals surface area contributed by atoms with Gasteiger partial charge < -0.3 is 9.47 Å². The highest BCUT2D eigenvalue weighted by Gasteiger charge is 2.31. The Bertz CT molecular complexity index is 450. The minimum Gasteiger partial charge on any atom is -0.476 e. The number of hydrogen-bond acceptors (Lipinski definition) is 4. The van der Waals surface area contributed by atoms with Crippen LogP contribution in [0.1, 0.15) is 50.5 Å². The molecular formula is C16H24O4. The largest absolute Gasteiger partial charge is 0.476 e. The molecule has 112 valence electrons. The van der Waals surface area contributed by atoms with Crippen LogP contribution in [0.2, 0.25) is 0 Å². The van der Waals surface area contributed by atoms with E-state index >= 15 is 0 Å². The minimum atomic E-state index is -1.05. The normalized spacial score (nSPS) is 10.1. The Morgan fingerprint density at radius 3 is 2.35 bits per heavy atom. The van der Waals surface area contributed by atoms with Crippen LogP contribution in [0.25, 0.3) is 0 Å². The first-order valence-electron chi connectivity index (χ1n) is 6.82. The van der Waals surface area contributed by atoms with E-state index in [0.29, 0.717) is 17.9 Å². The second-order valence-electron chi connectivity index (χ2n) is 4.48. The van der Waals surface area contributed by atoms with Crippen LogP contribution in [0.4, 0.5) is 0 Å². The topological polar surface area (TPSA) is 52.6 Å². The first-order valence-corrected chi connectivity index (χ1v) is 6.82. The van der Waals surface area contributed by atoms with Crippen LogP contribution in [0.3, 0.4) is 0 Å². The smallest absolute Gasteiger partial charge is 0.349 e. The second-order valence-corrected chi connectivity index (χ2v) is 4.48. The van der Waals surface area contributed by atoms with Crippen molar-refractivity contribution >= 4 is 12.3 Å². The molecule has 1 rings (SSSR count). The number of ether oxygens (including phenoxy) is 2. The molecule has 0 aliphatic carbocycles. The quantitative estimate of drug-likeness (QED) is 0.611. The number of carbonyl (C=O) groups is 2. The van der Waals surface area contributed by atoms with Crippen molar-refractivity contribution in [1.29, 1.82) is 0 Å². The van der Waals surface area contributed by atoms with Crippen molar-refractivity contribution in [2.45, 2.75) is 47.1 Å². The lowest BCUT2D eigenvalue weighted by Crippen LogP contribution is -2.39. The lowest BCUT2D eigenvalue weighted by molar-refractivity contribution is -0.158. The fourth-order valence-electron chi connectivity index (χ4n) is 1.48. The average molecular weight is 280 g/mol. The van der Waals surface area contributed by atoms with Crippen LogP contribution in [-0.2, 0) is 9.53 Å². The predicted molar refractivity (Wildman–Crippen MR) is 79.3 cm³/mol. The van der Waals surface area contributed by atoms with Gasteiger partial charge in [0.05, 0.1) is 6.61 Å². The zero-order chi connectivity index (χ0) is 15.8. The standard InChI is InChI=1S/C14H18O4.C2H6/c1-5-17-13(16)14(3,4)18-12-7-6-11(9-15)8-10(12)2;1-2/h6-9H,5H2,1-4H3;1-2H3. The molecule has 0 saturated carbocycles. The van der Waals surface area contributed by atoms with Gasteiger partial charge in [-0.3, -0.25) is 4.79 Å². The number of hydrogen-bond donors (Lipinski definition) is 0. The van der Waals surface area contributed by atoms with Crippen molar-refractivity contribution in [3.8, 4) is 5.75 Å². The number of aldehydes is 1. The third kappa shape index (κ3) is 5.03. The van der Waals surface area contributed by atoms with E-state index in [2.05, 4.69) is 0 Å². The summed E-state index contributed by atoms with van der Waals surface area (Å²) < 4.78 is 10.6. The van der Waals surface area contributed by atoms with Gasteiger partial charge in [0, 0.05) is 5.56 Å². The maximum atomic E-state index is 11.7. The lowest BCUT2D eigenvalue weighted by atomic mass is 10.1. The van der Waals surface area contributed by atoms with E-state index in [1.807, 2.05) is 20.8 Å². The monoisotopic (exact) mass is 280 g/mol.